The van der Waals surface area contributed by atoms with Crippen molar-refractivity contribution in [3.8, 4) is 17.0 Å². The molecule has 0 aliphatic heterocycles. The number of carboxylic acids is 1. The summed E-state index contributed by atoms with van der Waals surface area (Å²) in [7, 11) is 3.25. The summed E-state index contributed by atoms with van der Waals surface area (Å²) in [6.45, 7) is 1.36. The molecule has 0 saturated heterocycles. The number of hydrogen-bond acceptors (Lipinski definition) is 6. The van der Waals surface area contributed by atoms with Crippen LogP contribution in [0.15, 0.2) is 54.9 Å². The van der Waals surface area contributed by atoms with Crippen LogP contribution in [0.1, 0.15) is 16.1 Å². The molecule has 0 aliphatic rings. The average Bonchev–Trinajstić information content (AvgIpc) is 3.56. The number of alkyl halides is 3. The van der Waals surface area contributed by atoms with Crippen molar-refractivity contribution < 1.29 is 37.3 Å². The van der Waals surface area contributed by atoms with Crippen LogP contribution in [0.5, 0.6) is 5.75 Å². The van der Waals surface area contributed by atoms with E-state index in [-0.39, 0.29) is 5.91 Å². The third kappa shape index (κ3) is 7.30. The number of carbonyl (C=O) groups excluding carboxylic acids is 1. The molecule has 0 fully saturated rings. The first-order valence-corrected chi connectivity index (χ1v) is 10.8. The summed E-state index contributed by atoms with van der Waals surface area (Å²) >= 11 is 0. The number of fused-ring (bicyclic) bond motifs is 1. The minimum absolute atomic E-state index is 0.113. The summed E-state index contributed by atoms with van der Waals surface area (Å²) in [5.74, 6) is -2.11. The molecule has 13 heteroatoms. The Kier molecular flexibility index (Phi) is 8.85. The van der Waals surface area contributed by atoms with E-state index in [9.17, 15) is 18.0 Å². The van der Waals surface area contributed by atoms with E-state index in [1.165, 1.54) is 0 Å². The molecule has 0 bridgehead atoms. The molecule has 10 nitrogen and oxygen atoms in total. The molecule has 4 rings (SSSR count). The van der Waals surface area contributed by atoms with Gasteiger partial charge in [-0.1, -0.05) is 12.1 Å². The molecular weight excluding hydrogens is 495 g/mol. The van der Waals surface area contributed by atoms with Crippen molar-refractivity contribution >= 4 is 22.9 Å². The molecule has 1 amide bonds. The number of carboxylic acid groups (broad SMARTS) is 1. The van der Waals surface area contributed by atoms with Crippen LogP contribution >= 0.6 is 0 Å². The summed E-state index contributed by atoms with van der Waals surface area (Å²) in [4.78, 5) is 31.7. The lowest BCUT2D eigenvalue weighted by Gasteiger charge is -2.22. The Morgan fingerprint density at radius 2 is 1.89 bits per heavy atom. The first kappa shape index (κ1) is 27.2. The lowest BCUT2D eigenvalue weighted by Crippen LogP contribution is -2.33. The van der Waals surface area contributed by atoms with Gasteiger partial charge in [-0.05, 0) is 35.9 Å². The smallest absolute Gasteiger partial charge is 0.490 e. The Hall–Kier alpha value is -4.39. The fraction of sp³-hybridized carbons (Fsp3) is 0.250. The van der Waals surface area contributed by atoms with E-state index in [0.717, 1.165) is 28.0 Å². The lowest BCUT2D eigenvalue weighted by molar-refractivity contribution is -0.192. The second kappa shape index (κ2) is 12.0. The summed E-state index contributed by atoms with van der Waals surface area (Å²) in [5, 5.41) is 14.7. The van der Waals surface area contributed by atoms with Crippen LogP contribution in [0.3, 0.4) is 0 Å². The Balaban J connectivity index is 0.000000479. The summed E-state index contributed by atoms with van der Waals surface area (Å²) in [6.07, 6.45) is -1.59. The topological polar surface area (TPSA) is 133 Å². The highest BCUT2D eigenvalue weighted by atomic mass is 19.4. The summed E-state index contributed by atoms with van der Waals surface area (Å²) in [5.41, 5.74) is 3.80. The van der Waals surface area contributed by atoms with E-state index in [4.69, 9.17) is 19.4 Å². The Morgan fingerprint density at radius 1 is 1.14 bits per heavy atom. The van der Waals surface area contributed by atoms with Crippen molar-refractivity contribution in [2.45, 2.75) is 12.7 Å². The van der Waals surface area contributed by atoms with Gasteiger partial charge in [-0.25, -0.2) is 9.78 Å². The van der Waals surface area contributed by atoms with Crippen LogP contribution in [-0.2, 0) is 16.1 Å². The van der Waals surface area contributed by atoms with Crippen LogP contribution in [0.4, 0.5) is 13.2 Å². The van der Waals surface area contributed by atoms with Crippen LogP contribution in [0.2, 0.25) is 0 Å². The van der Waals surface area contributed by atoms with Crippen molar-refractivity contribution in [1.82, 2.24) is 25.1 Å². The number of rotatable bonds is 8. The number of hydrogen-bond donors (Lipinski definition) is 3. The number of halogens is 3. The predicted molar refractivity (Wildman–Crippen MR) is 127 cm³/mol. The number of nitrogens with zero attached hydrogens (tertiary/aromatic N) is 3. The van der Waals surface area contributed by atoms with E-state index < -0.39 is 12.1 Å². The maximum absolute atomic E-state index is 13.3. The average molecular weight is 519 g/mol. The Labute approximate surface area is 209 Å². The number of pyridine rings is 1. The number of benzene rings is 1. The zero-order valence-electron chi connectivity index (χ0n) is 19.9. The number of aromatic nitrogens is 4. The third-order valence-electron chi connectivity index (χ3n) is 5.11. The zero-order valence-corrected chi connectivity index (χ0v) is 19.9. The minimum atomic E-state index is -5.08. The van der Waals surface area contributed by atoms with Gasteiger partial charge < -0.3 is 24.5 Å². The van der Waals surface area contributed by atoms with E-state index in [1.807, 2.05) is 42.5 Å². The van der Waals surface area contributed by atoms with Gasteiger partial charge in [-0.2, -0.15) is 18.3 Å². The molecule has 4 aromatic rings. The van der Waals surface area contributed by atoms with Crippen LogP contribution in [-0.4, -0.2) is 75.6 Å². The summed E-state index contributed by atoms with van der Waals surface area (Å²) in [6, 6.07) is 13.4. The molecule has 1 aromatic carbocycles. The Bertz CT molecular complexity index is 1340. The molecule has 3 aromatic heterocycles. The van der Waals surface area contributed by atoms with Crippen molar-refractivity contribution in [2.75, 3.05) is 27.4 Å². The molecule has 196 valence electrons. The monoisotopic (exact) mass is 519 g/mol. The van der Waals surface area contributed by atoms with E-state index in [0.29, 0.717) is 31.0 Å². The van der Waals surface area contributed by atoms with Crippen LogP contribution < -0.4 is 4.74 Å². The van der Waals surface area contributed by atoms with Gasteiger partial charge in [0.15, 0.2) is 0 Å². The number of amides is 1. The highest BCUT2D eigenvalue weighted by molar-refractivity contribution is 5.97. The molecule has 0 radical (unpaired) electrons. The molecule has 3 N–H and O–H groups in total. The molecule has 0 saturated carbocycles. The predicted octanol–water partition coefficient (Wildman–Crippen LogP) is 3.88. The maximum Gasteiger partial charge on any atom is 0.490 e. The number of nitrogens with one attached hydrogen (secondary N) is 2. The maximum atomic E-state index is 13.3. The Morgan fingerprint density at radius 3 is 2.51 bits per heavy atom. The first-order valence-electron chi connectivity index (χ1n) is 10.8. The fourth-order valence-electron chi connectivity index (χ4n) is 3.29. The van der Waals surface area contributed by atoms with E-state index in [1.54, 1.807) is 31.5 Å². The number of methoxy groups -OCH3 is 2. The van der Waals surface area contributed by atoms with Gasteiger partial charge in [0, 0.05) is 37.3 Å². The molecule has 37 heavy (non-hydrogen) atoms. The van der Waals surface area contributed by atoms with Crippen molar-refractivity contribution in [1.29, 1.82) is 0 Å². The zero-order chi connectivity index (χ0) is 27.0. The van der Waals surface area contributed by atoms with Crippen molar-refractivity contribution in [3.63, 3.8) is 0 Å². The fourth-order valence-corrected chi connectivity index (χ4v) is 3.29. The number of aliphatic carboxylic acids is 1. The second-order valence-corrected chi connectivity index (χ2v) is 7.68. The summed E-state index contributed by atoms with van der Waals surface area (Å²) < 4.78 is 42.2. The SMILES string of the molecule is COCCN(Cc1cccc(OC)c1)C(=O)c1cc2ccc(-c3cn[nH]c3)nc2[nH]1.O=C(O)C(F)(F)F. The van der Waals surface area contributed by atoms with E-state index in [2.05, 4.69) is 20.2 Å². The third-order valence-corrected chi connectivity index (χ3v) is 5.11. The van der Waals surface area contributed by atoms with Crippen LogP contribution in [0, 0.1) is 0 Å². The molecule has 0 unspecified atom stereocenters. The minimum Gasteiger partial charge on any atom is -0.497 e. The molecule has 0 spiro atoms. The van der Waals surface area contributed by atoms with Gasteiger partial charge >= 0.3 is 12.1 Å². The number of ether oxygens (including phenoxy) is 2. The largest absolute Gasteiger partial charge is 0.497 e. The molecule has 0 atom stereocenters. The van der Waals surface area contributed by atoms with Crippen LogP contribution in [0.25, 0.3) is 22.3 Å². The van der Waals surface area contributed by atoms with Crippen molar-refractivity contribution in [2.24, 2.45) is 0 Å². The van der Waals surface area contributed by atoms with Gasteiger partial charge in [-0.3, -0.25) is 9.89 Å². The first-order chi connectivity index (χ1) is 17.6. The quantitative estimate of drug-likeness (QED) is 0.322. The van der Waals surface area contributed by atoms with Gasteiger partial charge in [0.05, 0.1) is 25.6 Å². The second-order valence-electron chi connectivity index (χ2n) is 7.68. The molecule has 3 heterocycles. The lowest BCUT2D eigenvalue weighted by atomic mass is 10.2. The van der Waals surface area contributed by atoms with Crippen molar-refractivity contribution in [3.05, 3.63) is 66.1 Å². The molecule has 0 aliphatic carbocycles. The highest BCUT2D eigenvalue weighted by Crippen LogP contribution is 2.22. The van der Waals surface area contributed by atoms with Gasteiger partial charge in [0.2, 0.25) is 0 Å². The molecular formula is C24H24F3N5O5. The standard InChI is InChI=1S/C22H23N5O3.C2HF3O2/c1-29-9-8-27(14-15-4-3-5-18(10-15)30-2)22(28)20-11-16-6-7-19(25-21(16)26-20)17-12-23-24-13-17;3-2(4,5)1(6)7/h3-7,10-13H,8-9,14H2,1-2H3,(H,23,24)(H,25,26);(H,6,7). The number of carbonyl (C=O) groups is 2. The number of aromatic amines is 2. The van der Waals surface area contributed by atoms with Gasteiger partial charge in [0.25, 0.3) is 5.91 Å². The number of H-pyrrole nitrogens is 2. The highest BCUT2D eigenvalue weighted by Gasteiger charge is 2.38. The van der Waals surface area contributed by atoms with Gasteiger partial charge in [0.1, 0.15) is 17.1 Å². The normalized spacial score (nSPS) is 11.1. The van der Waals surface area contributed by atoms with Gasteiger partial charge in [-0.15, -0.1) is 0 Å². The van der Waals surface area contributed by atoms with E-state index >= 15 is 0 Å².